The molecule has 4 N–H and O–H groups in total. The van der Waals surface area contributed by atoms with Gasteiger partial charge in [-0.15, -0.1) is 0 Å². The smallest absolute Gasteiger partial charge is 0.323 e. The molecule has 2 heterocycles. The van der Waals surface area contributed by atoms with Crippen LogP contribution in [0.25, 0.3) is 11.2 Å². The topological polar surface area (TPSA) is 146 Å². The summed E-state index contributed by atoms with van der Waals surface area (Å²) in [6, 6.07) is -0.721. The molecule has 1 saturated carbocycles. The molecule has 0 saturated heterocycles. The van der Waals surface area contributed by atoms with Gasteiger partial charge in [-0.25, -0.2) is 20.0 Å². The number of hydrogen-bond donors (Lipinski definition) is 3. The third kappa shape index (κ3) is 8.23. The molecule has 202 valence electrons. The highest BCUT2D eigenvalue weighted by Gasteiger charge is 2.31. The Labute approximate surface area is 213 Å². The van der Waals surface area contributed by atoms with Crippen molar-refractivity contribution in [2.45, 2.75) is 110 Å². The molecule has 1 aliphatic carbocycles. The van der Waals surface area contributed by atoms with Gasteiger partial charge in [0.2, 0.25) is 7.44 Å². The van der Waals surface area contributed by atoms with Gasteiger partial charge in [-0.2, -0.15) is 0 Å². The van der Waals surface area contributed by atoms with E-state index in [0.29, 0.717) is 23.5 Å². The summed E-state index contributed by atoms with van der Waals surface area (Å²) in [5, 5.41) is 6.25. The van der Waals surface area contributed by atoms with E-state index >= 15 is 0 Å². The largest absolute Gasteiger partial charge is 0.461 e. The number of unbranched alkanes of at least 4 members (excludes halogenated alkanes) is 1. The normalized spacial score (nSPS) is 19.0. The third-order valence-corrected chi connectivity index (χ3v) is 8.61. The van der Waals surface area contributed by atoms with Crippen molar-refractivity contribution in [3.05, 3.63) is 12.7 Å². The molecule has 0 spiro atoms. The van der Waals surface area contributed by atoms with E-state index in [4.69, 9.17) is 15.2 Å². The van der Waals surface area contributed by atoms with Gasteiger partial charge in [-0.1, -0.05) is 26.2 Å². The summed E-state index contributed by atoms with van der Waals surface area (Å²) >= 11 is 0. The Hall–Kier alpha value is -2.07. The van der Waals surface area contributed by atoms with Crippen molar-refractivity contribution in [1.82, 2.24) is 29.7 Å². The number of rotatable bonds is 14. The van der Waals surface area contributed by atoms with Gasteiger partial charge in [0.15, 0.2) is 11.5 Å². The number of fused-ring (bicyclic) bond motifs is 1. The second-order valence-corrected chi connectivity index (χ2v) is 12.1. The molecule has 11 nitrogen and oxygen atoms in total. The van der Waals surface area contributed by atoms with Crippen LogP contribution in [0.3, 0.4) is 0 Å². The molecule has 0 amide bonds. The van der Waals surface area contributed by atoms with E-state index < -0.39 is 13.5 Å². The molecule has 0 radical (unpaired) electrons. The molecule has 0 bridgehead atoms. The number of esters is 1. The number of aromatic nitrogens is 4. The van der Waals surface area contributed by atoms with Crippen molar-refractivity contribution >= 4 is 30.4 Å². The second-order valence-electron chi connectivity index (χ2n) is 9.89. The van der Waals surface area contributed by atoms with Gasteiger partial charge >= 0.3 is 5.97 Å². The Morgan fingerprint density at radius 2 is 1.94 bits per heavy atom. The maximum absolute atomic E-state index is 13.9. The lowest BCUT2D eigenvalue weighted by Gasteiger charge is -2.29. The zero-order valence-electron chi connectivity index (χ0n) is 22.0. The molecule has 2 aromatic heterocycles. The molecule has 0 aliphatic heterocycles. The van der Waals surface area contributed by atoms with Crippen LogP contribution in [-0.2, 0) is 25.4 Å². The average Bonchev–Trinajstić information content (AvgIpc) is 3.26. The molecule has 1 aliphatic rings. The van der Waals surface area contributed by atoms with Crippen molar-refractivity contribution in [3.8, 4) is 0 Å². The maximum atomic E-state index is 13.9. The summed E-state index contributed by atoms with van der Waals surface area (Å²) < 4.78 is 27.5. The molecule has 0 aromatic carbocycles. The zero-order valence-corrected chi connectivity index (χ0v) is 22.9. The Morgan fingerprint density at radius 1 is 1.19 bits per heavy atom. The summed E-state index contributed by atoms with van der Waals surface area (Å²) in [5.74, 6) is -0.0549. The molecule has 36 heavy (non-hydrogen) atoms. The number of anilines is 1. The SMILES string of the molecule is CCCCC(C)NP(=O)(CO[C@H](C)Cn1cnc2c(N)ncnc21)N[C@H](C)C(=O)OC1CCCCC1. The van der Waals surface area contributed by atoms with E-state index in [1.807, 2.05) is 18.4 Å². The highest BCUT2D eigenvalue weighted by Crippen LogP contribution is 2.39. The minimum absolute atomic E-state index is 0.000946. The molecule has 1 fully saturated rings. The van der Waals surface area contributed by atoms with E-state index in [9.17, 15) is 9.36 Å². The predicted molar refractivity (Wildman–Crippen MR) is 140 cm³/mol. The van der Waals surface area contributed by atoms with Gasteiger partial charge < -0.3 is 19.8 Å². The monoisotopic (exact) mass is 523 g/mol. The quantitative estimate of drug-likeness (QED) is 0.245. The van der Waals surface area contributed by atoms with Crippen LogP contribution in [0, 0.1) is 0 Å². The molecule has 2 unspecified atom stereocenters. The summed E-state index contributed by atoms with van der Waals surface area (Å²) in [7, 11) is -3.27. The Morgan fingerprint density at radius 3 is 2.67 bits per heavy atom. The van der Waals surface area contributed by atoms with Crippen molar-refractivity contribution < 1.29 is 18.8 Å². The molecular weight excluding hydrogens is 481 g/mol. The standard InChI is InChI=1S/C24H42N7O4P/c1-5-6-10-17(2)29-36(33,30-19(4)24(32)35-20-11-8-7-9-12-20)16-34-18(3)13-31-15-28-21-22(25)26-14-27-23(21)31/h14-15,17-20H,5-13,16H2,1-4H3,(H2,25,26,27)(H2,29,30,33)/t17?,18-,19-,36?/m1/s1. The second kappa shape index (κ2) is 13.5. The lowest BCUT2D eigenvalue weighted by atomic mass is 9.98. The molecule has 4 atom stereocenters. The highest BCUT2D eigenvalue weighted by molar-refractivity contribution is 7.59. The maximum Gasteiger partial charge on any atom is 0.323 e. The van der Waals surface area contributed by atoms with Crippen LogP contribution in [0.15, 0.2) is 12.7 Å². The van der Waals surface area contributed by atoms with Gasteiger partial charge in [0.1, 0.15) is 30.3 Å². The van der Waals surface area contributed by atoms with Gasteiger partial charge in [0.25, 0.3) is 0 Å². The first-order valence-electron chi connectivity index (χ1n) is 13.1. The Bertz CT molecular complexity index is 1030. The van der Waals surface area contributed by atoms with E-state index in [1.54, 1.807) is 13.3 Å². The lowest BCUT2D eigenvalue weighted by Crippen LogP contribution is -2.41. The van der Waals surface area contributed by atoms with E-state index in [0.717, 1.165) is 44.9 Å². The molecular formula is C24H42N7O4P. The number of nitrogen functional groups attached to an aromatic ring is 1. The summed E-state index contributed by atoms with van der Waals surface area (Å²) in [5.41, 5.74) is 7.03. The van der Waals surface area contributed by atoms with Gasteiger partial charge in [-0.3, -0.25) is 14.4 Å². The van der Waals surface area contributed by atoms with Crippen LogP contribution < -0.4 is 15.9 Å². The number of carbonyl (C=O) groups excluding carboxylic acids is 1. The van der Waals surface area contributed by atoms with Gasteiger partial charge in [0.05, 0.1) is 19.0 Å². The lowest BCUT2D eigenvalue weighted by molar-refractivity contribution is -0.152. The first-order chi connectivity index (χ1) is 17.2. The summed E-state index contributed by atoms with van der Waals surface area (Å²) in [6.07, 6.45) is 10.7. The van der Waals surface area contributed by atoms with Crippen LogP contribution in [0.1, 0.15) is 79.1 Å². The first kappa shape index (κ1) is 28.5. The van der Waals surface area contributed by atoms with Crippen LogP contribution >= 0.6 is 7.44 Å². The molecule has 3 rings (SSSR count). The van der Waals surface area contributed by atoms with Gasteiger partial charge in [-0.05, 0) is 52.9 Å². The molecule has 2 aromatic rings. The fraction of sp³-hybridized carbons (Fsp3) is 0.750. The minimum atomic E-state index is -3.27. The number of nitrogens with two attached hydrogens (primary N) is 1. The van der Waals surface area contributed by atoms with E-state index in [-0.39, 0.29) is 30.6 Å². The van der Waals surface area contributed by atoms with E-state index in [1.165, 1.54) is 12.7 Å². The number of nitrogens with zero attached hydrogens (tertiary/aromatic N) is 4. The van der Waals surface area contributed by atoms with Crippen LogP contribution in [-0.4, -0.2) is 56.1 Å². The fourth-order valence-corrected chi connectivity index (χ4v) is 6.71. The number of carbonyl (C=O) groups is 1. The Balaban J connectivity index is 1.62. The van der Waals surface area contributed by atoms with Crippen molar-refractivity contribution in [2.24, 2.45) is 0 Å². The average molecular weight is 524 g/mol. The van der Waals surface area contributed by atoms with Crippen LogP contribution in [0.2, 0.25) is 0 Å². The van der Waals surface area contributed by atoms with Gasteiger partial charge in [0, 0.05) is 6.04 Å². The number of ether oxygens (including phenoxy) is 2. The van der Waals surface area contributed by atoms with Crippen LogP contribution in [0.5, 0.6) is 0 Å². The predicted octanol–water partition coefficient (Wildman–Crippen LogP) is 3.99. The van der Waals surface area contributed by atoms with E-state index in [2.05, 4.69) is 32.1 Å². The summed E-state index contributed by atoms with van der Waals surface area (Å²) in [4.78, 5) is 25.2. The fourth-order valence-electron chi connectivity index (χ4n) is 4.45. The summed E-state index contributed by atoms with van der Waals surface area (Å²) in [6.45, 7) is 8.15. The first-order valence-corrected chi connectivity index (χ1v) is 15.0. The minimum Gasteiger partial charge on any atom is -0.461 e. The van der Waals surface area contributed by atoms with Crippen LogP contribution in [0.4, 0.5) is 5.82 Å². The molecule has 12 heteroatoms. The third-order valence-electron chi connectivity index (χ3n) is 6.43. The number of nitrogens with one attached hydrogen (secondary N) is 2. The van der Waals surface area contributed by atoms with Crippen molar-refractivity contribution in [1.29, 1.82) is 0 Å². The number of imidazole rings is 1. The zero-order chi connectivity index (χ0) is 26.1. The van der Waals surface area contributed by atoms with Crippen molar-refractivity contribution in [3.63, 3.8) is 0 Å². The number of hydrogen-bond acceptors (Lipinski definition) is 8. The van der Waals surface area contributed by atoms with Crippen molar-refractivity contribution in [2.75, 3.05) is 12.1 Å². The highest BCUT2D eigenvalue weighted by atomic mass is 31.2. The Kier molecular flexibility index (Phi) is 10.7.